The van der Waals surface area contributed by atoms with Gasteiger partial charge in [-0.1, -0.05) is 77.6 Å². The second-order valence-electron chi connectivity index (χ2n) is 11.5. The molecule has 2 aromatic carbocycles. The number of hydrogen-bond acceptors (Lipinski definition) is 6. The van der Waals surface area contributed by atoms with E-state index in [0.29, 0.717) is 26.4 Å². The second-order valence-corrected chi connectivity index (χ2v) is 13.8. The van der Waals surface area contributed by atoms with Gasteiger partial charge in [0.05, 0.1) is 31.8 Å². The molecule has 228 valence electrons. The van der Waals surface area contributed by atoms with E-state index < -0.39 is 17.2 Å². The molecule has 0 aliphatic carbocycles. The fourth-order valence-corrected chi connectivity index (χ4v) is 7.55. The summed E-state index contributed by atoms with van der Waals surface area (Å²) in [7, 11) is -2.91. The number of rotatable bonds is 16. The van der Waals surface area contributed by atoms with Crippen LogP contribution < -0.4 is 9.05 Å². The molecule has 2 saturated heterocycles. The molecule has 4 rings (SSSR count). The van der Waals surface area contributed by atoms with Gasteiger partial charge in [-0.3, -0.25) is 0 Å². The zero-order valence-electron chi connectivity index (χ0n) is 25.6. The quantitative estimate of drug-likeness (QED) is 0.178. The van der Waals surface area contributed by atoms with Gasteiger partial charge in [0, 0.05) is 0 Å². The molecule has 0 unspecified atom stereocenters. The van der Waals surface area contributed by atoms with Crippen molar-refractivity contribution in [1.82, 2.24) is 0 Å². The molecule has 0 aromatic heterocycles. The fraction of sp³-hybridized carbons (Fsp3) is 0.636. The molecule has 0 saturated carbocycles. The van der Waals surface area contributed by atoms with Crippen LogP contribution in [0.1, 0.15) is 101 Å². The van der Waals surface area contributed by atoms with Crippen molar-refractivity contribution >= 4 is 17.2 Å². The molecule has 0 amide bonds. The summed E-state index contributed by atoms with van der Waals surface area (Å²) in [4.78, 5) is 0. The maximum atomic E-state index is 6.27. The molecule has 1 spiro atoms. The van der Waals surface area contributed by atoms with Crippen molar-refractivity contribution in [3.8, 4) is 11.5 Å². The molecule has 0 bridgehead atoms. The van der Waals surface area contributed by atoms with Gasteiger partial charge in [0.1, 0.15) is 11.5 Å². The highest BCUT2D eigenvalue weighted by molar-refractivity contribution is 7.42. The molecule has 6 nitrogen and oxygen atoms in total. The average Bonchev–Trinajstić information content (AvgIpc) is 3.00. The summed E-state index contributed by atoms with van der Waals surface area (Å²) in [5.74, 6) is 1.77. The Labute approximate surface area is 250 Å². The Hall–Kier alpha value is -1.26. The maximum Gasteiger partial charge on any atom is 0.397 e. The minimum absolute atomic E-state index is 0.339. The van der Waals surface area contributed by atoms with E-state index in [0.717, 1.165) is 62.9 Å². The van der Waals surface area contributed by atoms with Crippen LogP contribution in [0.2, 0.25) is 0 Å². The molecule has 2 aromatic rings. The second kappa shape index (κ2) is 17.1. The van der Waals surface area contributed by atoms with Crippen molar-refractivity contribution in [3.63, 3.8) is 0 Å². The Morgan fingerprint density at radius 2 is 0.927 bits per heavy atom. The Morgan fingerprint density at radius 3 is 1.29 bits per heavy atom. The van der Waals surface area contributed by atoms with Crippen LogP contribution in [0.25, 0.3) is 0 Å². The van der Waals surface area contributed by atoms with Crippen molar-refractivity contribution in [2.75, 3.05) is 26.4 Å². The molecule has 2 aliphatic heterocycles. The summed E-state index contributed by atoms with van der Waals surface area (Å²) in [5, 5.41) is 0. The molecule has 0 atom stereocenters. The lowest BCUT2D eigenvalue weighted by molar-refractivity contribution is -0.0673. The molecule has 2 aliphatic rings. The molecule has 2 heterocycles. The fourth-order valence-electron chi connectivity index (χ4n) is 4.99. The van der Waals surface area contributed by atoms with Gasteiger partial charge < -0.3 is 27.1 Å². The molecule has 41 heavy (non-hydrogen) atoms. The van der Waals surface area contributed by atoms with E-state index in [9.17, 15) is 0 Å². The maximum absolute atomic E-state index is 6.27. The molecule has 2 fully saturated rings. The first-order valence-corrected chi connectivity index (χ1v) is 18.0. The van der Waals surface area contributed by atoms with Crippen LogP contribution in [-0.2, 0) is 43.8 Å². The zero-order chi connectivity index (χ0) is 28.9. The predicted molar refractivity (Wildman–Crippen MR) is 169 cm³/mol. The minimum atomic E-state index is -1.46. The van der Waals surface area contributed by atoms with Gasteiger partial charge in [-0.15, -0.1) is 0 Å². The third-order valence-electron chi connectivity index (χ3n) is 7.74. The Morgan fingerprint density at radius 1 is 0.561 bits per heavy atom. The van der Waals surface area contributed by atoms with E-state index in [1.54, 1.807) is 0 Å². The van der Waals surface area contributed by atoms with Gasteiger partial charge in [0.15, 0.2) is 0 Å². The Kier molecular flexibility index (Phi) is 13.6. The van der Waals surface area contributed by atoms with E-state index >= 15 is 0 Å². The standard InChI is InChI=1S/C33H50O6P2/c1-5-9-13-27-17-19-31(29(21-27)15-11-7-3)38-40-34-23-33(24-35-40)25-36-41(37-26-33)39-32-20-18-28(14-10-6-2)22-30(32)16-12-8-4/h17-22H,5-16,23-26H2,1-4H3. The van der Waals surface area contributed by atoms with E-state index in [1.165, 1.54) is 47.9 Å². The first-order chi connectivity index (χ1) is 20.1. The lowest BCUT2D eigenvalue weighted by Gasteiger charge is -2.41. The first kappa shape index (κ1) is 32.6. The number of unbranched alkanes of at least 4 members (excludes halogenated alkanes) is 4. The lowest BCUT2D eigenvalue weighted by atomic mass is 9.93. The molecule has 8 heteroatoms. The topological polar surface area (TPSA) is 55.4 Å². The van der Waals surface area contributed by atoms with Gasteiger partial charge in [-0.05, 0) is 85.8 Å². The normalized spacial score (nSPS) is 22.6. The summed E-state index contributed by atoms with van der Waals surface area (Å²) < 4.78 is 37.0. The van der Waals surface area contributed by atoms with Crippen LogP contribution in [-0.4, -0.2) is 26.4 Å². The van der Waals surface area contributed by atoms with E-state index in [4.69, 9.17) is 27.1 Å². The third kappa shape index (κ3) is 9.88. The SMILES string of the molecule is CCCCc1ccc(OP2OCC3(CO2)COP(Oc2ccc(CCCC)cc2CCCC)OC3)c(CCCC)c1. The highest BCUT2D eigenvalue weighted by atomic mass is 31.2. The Balaban J connectivity index is 1.29. The smallest absolute Gasteiger partial charge is 0.397 e. The van der Waals surface area contributed by atoms with Gasteiger partial charge in [0.25, 0.3) is 0 Å². The monoisotopic (exact) mass is 604 g/mol. The van der Waals surface area contributed by atoms with Gasteiger partial charge in [-0.2, -0.15) is 0 Å². The summed E-state index contributed by atoms with van der Waals surface area (Å²) >= 11 is 0. The predicted octanol–water partition coefficient (Wildman–Crippen LogP) is 10.0. The van der Waals surface area contributed by atoms with E-state index in [1.807, 2.05) is 0 Å². The van der Waals surface area contributed by atoms with Crippen LogP contribution in [0.4, 0.5) is 0 Å². The van der Waals surface area contributed by atoms with Gasteiger partial charge >= 0.3 is 17.2 Å². The first-order valence-electron chi connectivity index (χ1n) is 15.8. The third-order valence-corrected chi connectivity index (χ3v) is 9.79. The highest BCUT2D eigenvalue weighted by Gasteiger charge is 2.45. The molecular weight excluding hydrogens is 554 g/mol. The number of aryl methyl sites for hydroxylation is 4. The van der Waals surface area contributed by atoms with Gasteiger partial charge in [0.2, 0.25) is 0 Å². The van der Waals surface area contributed by atoms with Crippen LogP contribution in [0.5, 0.6) is 11.5 Å². The summed E-state index contributed by atoms with van der Waals surface area (Å²) in [6, 6.07) is 13.2. The molecule has 0 radical (unpaired) electrons. The van der Waals surface area contributed by atoms with E-state index in [-0.39, 0.29) is 5.41 Å². The van der Waals surface area contributed by atoms with Crippen LogP contribution in [0.3, 0.4) is 0 Å². The van der Waals surface area contributed by atoms with Crippen molar-refractivity contribution < 1.29 is 27.1 Å². The van der Waals surface area contributed by atoms with E-state index in [2.05, 4.69) is 64.1 Å². The largest absolute Gasteiger partial charge is 0.426 e. The average molecular weight is 605 g/mol. The van der Waals surface area contributed by atoms with Crippen molar-refractivity contribution in [2.24, 2.45) is 5.41 Å². The zero-order valence-corrected chi connectivity index (χ0v) is 27.4. The van der Waals surface area contributed by atoms with Crippen LogP contribution in [0.15, 0.2) is 36.4 Å². The van der Waals surface area contributed by atoms with Crippen LogP contribution in [0, 0.1) is 5.41 Å². The minimum Gasteiger partial charge on any atom is -0.426 e. The highest BCUT2D eigenvalue weighted by Crippen LogP contribution is 2.53. The Bertz CT molecular complexity index is 961. The number of benzene rings is 2. The summed E-state index contributed by atoms with van der Waals surface area (Å²) in [6.07, 6.45) is 13.6. The summed E-state index contributed by atoms with van der Waals surface area (Å²) in [6.45, 7) is 10.8. The molecular formula is C33H50O6P2. The van der Waals surface area contributed by atoms with Gasteiger partial charge in [-0.25, -0.2) is 0 Å². The number of hydrogen-bond donors (Lipinski definition) is 0. The summed E-state index contributed by atoms with van der Waals surface area (Å²) in [5.41, 5.74) is 4.91. The van der Waals surface area contributed by atoms with Crippen molar-refractivity contribution in [3.05, 3.63) is 58.7 Å². The van der Waals surface area contributed by atoms with Crippen LogP contribution >= 0.6 is 17.2 Å². The van der Waals surface area contributed by atoms with Crippen molar-refractivity contribution in [2.45, 2.75) is 105 Å². The molecule has 0 N–H and O–H groups in total. The lowest BCUT2D eigenvalue weighted by Crippen LogP contribution is -2.45. The van der Waals surface area contributed by atoms with Crippen molar-refractivity contribution in [1.29, 1.82) is 0 Å².